The minimum Gasteiger partial charge on any atom is -0.381 e. The van der Waals surface area contributed by atoms with Crippen LogP contribution in [0.3, 0.4) is 0 Å². The number of halogens is 1. The van der Waals surface area contributed by atoms with Gasteiger partial charge in [0.25, 0.3) is 0 Å². The first-order valence-corrected chi connectivity index (χ1v) is 8.63. The zero-order valence-corrected chi connectivity index (χ0v) is 15.8. The molecule has 0 aliphatic rings. The Kier molecular flexibility index (Phi) is 6.22. The molecule has 0 spiro atoms. The summed E-state index contributed by atoms with van der Waals surface area (Å²) in [6, 6.07) is 12.6. The molecular formula is C19H24BrN3. The highest BCUT2D eigenvalue weighted by molar-refractivity contribution is 9.10. The van der Waals surface area contributed by atoms with Crippen LogP contribution in [0.2, 0.25) is 0 Å². The van der Waals surface area contributed by atoms with Gasteiger partial charge in [-0.05, 0) is 55.7 Å². The van der Waals surface area contributed by atoms with Crippen LogP contribution in [-0.2, 0) is 6.54 Å². The molecule has 122 valence electrons. The Morgan fingerprint density at radius 1 is 1.17 bits per heavy atom. The number of hydrogen-bond acceptors (Lipinski definition) is 2. The lowest BCUT2D eigenvalue weighted by Crippen LogP contribution is -2.14. The number of nitrogens with one attached hydrogen (secondary N) is 1. The van der Waals surface area contributed by atoms with Gasteiger partial charge in [0.2, 0.25) is 0 Å². The largest absolute Gasteiger partial charge is 0.381 e. The lowest BCUT2D eigenvalue weighted by atomic mass is 10.1. The average molecular weight is 374 g/mol. The van der Waals surface area contributed by atoms with E-state index in [1.165, 1.54) is 16.7 Å². The van der Waals surface area contributed by atoms with Crippen molar-refractivity contribution in [2.75, 3.05) is 18.9 Å². The molecule has 0 aliphatic carbocycles. The van der Waals surface area contributed by atoms with Crippen molar-refractivity contribution in [2.24, 2.45) is 4.99 Å². The highest BCUT2D eigenvalue weighted by Crippen LogP contribution is 2.27. The van der Waals surface area contributed by atoms with Gasteiger partial charge >= 0.3 is 0 Å². The smallest absolute Gasteiger partial charge is 0.0909 e. The van der Waals surface area contributed by atoms with Crippen LogP contribution >= 0.6 is 15.9 Å². The molecule has 0 fully saturated rings. The molecule has 0 saturated heterocycles. The van der Waals surface area contributed by atoms with E-state index in [0.29, 0.717) is 0 Å². The maximum Gasteiger partial charge on any atom is 0.0909 e. The summed E-state index contributed by atoms with van der Waals surface area (Å²) in [5, 5.41) is 3.52. The maximum absolute atomic E-state index is 4.58. The van der Waals surface area contributed by atoms with Gasteiger partial charge in [-0.25, -0.2) is 4.99 Å². The van der Waals surface area contributed by atoms with Crippen LogP contribution in [0.25, 0.3) is 0 Å². The lowest BCUT2D eigenvalue weighted by molar-refractivity contribution is 0.552. The summed E-state index contributed by atoms with van der Waals surface area (Å²) in [4.78, 5) is 6.64. The Morgan fingerprint density at radius 3 is 2.61 bits per heavy atom. The van der Waals surface area contributed by atoms with Gasteiger partial charge in [-0.15, -0.1) is 0 Å². The molecule has 0 aliphatic heterocycles. The molecule has 4 heteroatoms. The van der Waals surface area contributed by atoms with E-state index in [1.54, 1.807) is 0 Å². The van der Waals surface area contributed by atoms with Crippen molar-refractivity contribution < 1.29 is 0 Å². The standard InChI is InChI=1S/C19H24BrN3/c1-5-23(4)13-22-19-11-14(2)18(10-15(19)3)21-12-16-8-6-7-9-17(16)20/h6-11,13,21H,5,12H2,1-4H3/b22-13-. The summed E-state index contributed by atoms with van der Waals surface area (Å²) in [5.74, 6) is 0. The van der Waals surface area contributed by atoms with Gasteiger partial charge < -0.3 is 10.2 Å². The maximum atomic E-state index is 4.58. The second kappa shape index (κ2) is 8.16. The summed E-state index contributed by atoms with van der Waals surface area (Å²) < 4.78 is 1.13. The Labute approximate surface area is 147 Å². The molecule has 0 saturated carbocycles. The average Bonchev–Trinajstić information content (AvgIpc) is 2.54. The molecule has 0 aromatic heterocycles. The van der Waals surface area contributed by atoms with Crippen LogP contribution in [0.15, 0.2) is 45.9 Å². The fourth-order valence-corrected chi connectivity index (χ4v) is 2.63. The fourth-order valence-electron chi connectivity index (χ4n) is 2.21. The SMILES string of the molecule is CCN(C)/C=N\c1cc(C)c(NCc2ccccc2Br)cc1C. The van der Waals surface area contributed by atoms with Crippen LogP contribution in [0.1, 0.15) is 23.6 Å². The minimum absolute atomic E-state index is 0.795. The molecule has 2 aromatic rings. The predicted octanol–water partition coefficient (Wildman–Crippen LogP) is 5.29. The van der Waals surface area contributed by atoms with Crippen LogP contribution < -0.4 is 5.32 Å². The Bertz CT molecular complexity index is 695. The van der Waals surface area contributed by atoms with Crippen LogP contribution in [0, 0.1) is 13.8 Å². The van der Waals surface area contributed by atoms with E-state index in [1.807, 2.05) is 19.5 Å². The topological polar surface area (TPSA) is 27.6 Å². The van der Waals surface area contributed by atoms with E-state index in [4.69, 9.17) is 0 Å². The van der Waals surface area contributed by atoms with Gasteiger partial charge in [-0.1, -0.05) is 34.1 Å². The molecule has 0 radical (unpaired) electrons. The van der Waals surface area contributed by atoms with Crippen molar-refractivity contribution in [1.82, 2.24) is 4.90 Å². The van der Waals surface area contributed by atoms with Gasteiger partial charge in [0.15, 0.2) is 0 Å². The van der Waals surface area contributed by atoms with Crippen molar-refractivity contribution in [1.29, 1.82) is 0 Å². The third-order valence-electron chi connectivity index (χ3n) is 3.86. The van der Waals surface area contributed by atoms with Crippen molar-refractivity contribution in [3.05, 3.63) is 57.6 Å². The Hall–Kier alpha value is -1.81. The summed E-state index contributed by atoms with van der Waals surface area (Å²) >= 11 is 3.59. The number of aliphatic imine (C=N–C) groups is 1. The van der Waals surface area contributed by atoms with E-state index in [9.17, 15) is 0 Å². The van der Waals surface area contributed by atoms with Gasteiger partial charge in [0.05, 0.1) is 12.0 Å². The zero-order valence-electron chi connectivity index (χ0n) is 14.2. The Morgan fingerprint density at radius 2 is 1.91 bits per heavy atom. The van der Waals surface area contributed by atoms with Crippen molar-refractivity contribution in [3.8, 4) is 0 Å². The van der Waals surface area contributed by atoms with Crippen LogP contribution in [-0.4, -0.2) is 24.8 Å². The summed E-state index contributed by atoms with van der Waals surface area (Å²) in [7, 11) is 2.03. The minimum atomic E-state index is 0.795. The molecule has 23 heavy (non-hydrogen) atoms. The molecular weight excluding hydrogens is 350 g/mol. The van der Waals surface area contributed by atoms with Gasteiger partial charge in [-0.3, -0.25) is 0 Å². The lowest BCUT2D eigenvalue weighted by Gasteiger charge is -2.14. The second-order valence-electron chi connectivity index (χ2n) is 5.72. The first-order valence-electron chi connectivity index (χ1n) is 7.84. The second-order valence-corrected chi connectivity index (χ2v) is 6.57. The van der Waals surface area contributed by atoms with Crippen molar-refractivity contribution in [3.63, 3.8) is 0 Å². The molecule has 0 heterocycles. The highest BCUT2D eigenvalue weighted by Gasteiger charge is 2.05. The molecule has 0 atom stereocenters. The number of nitrogens with zero attached hydrogens (tertiary/aromatic N) is 2. The number of benzene rings is 2. The third kappa shape index (κ3) is 4.83. The van der Waals surface area contributed by atoms with E-state index >= 15 is 0 Å². The van der Waals surface area contributed by atoms with Crippen molar-refractivity contribution in [2.45, 2.75) is 27.3 Å². The molecule has 2 aromatic carbocycles. The summed E-state index contributed by atoms with van der Waals surface area (Å²) in [6.07, 6.45) is 1.88. The summed E-state index contributed by atoms with van der Waals surface area (Å²) in [5.41, 5.74) is 5.80. The van der Waals surface area contributed by atoms with E-state index in [2.05, 4.69) is 82.2 Å². The third-order valence-corrected chi connectivity index (χ3v) is 4.64. The number of aryl methyl sites for hydroxylation is 2. The van der Waals surface area contributed by atoms with Crippen LogP contribution in [0.4, 0.5) is 11.4 Å². The predicted molar refractivity (Wildman–Crippen MR) is 104 cm³/mol. The first kappa shape index (κ1) is 17.5. The monoisotopic (exact) mass is 373 g/mol. The van der Waals surface area contributed by atoms with E-state index in [0.717, 1.165) is 28.9 Å². The molecule has 0 bridgehead atoms. The van der Waals surface area contributed by atoms with Gasteiger partial charge in [0, 0.05) is 30.3 Å². The molecule has 0 amide bonds. The molecule has 3 nitrogen and oxygen atoms in total. The van der Waals surface area contributed by atoms with Gasteiger partial charge in [-0.2, -0.15) is 0 Å². The number of rotatable bonds is 6. The zero-order chi connectivity index (χ0) is 16.8. The van der Waals surface area contributed by atoms with Gasteiger partial charge in [0.1, 0.15) is 0 Å². The van der Waals surface area contributed by atoms with E-state index < -0.39 is 0 Å². The number of anilines is 1. The van der Waals surface area contributed by atoms with Crippen LogP contribution in [0.5, 0.6) is 0 Å². The normalized spacial score (nSPS) is 11.0. The highest BCUT2D eigenvalue weighted by atomic mass is 79.9. The van der Waals surface area contributed by atoms with Crippen molar-refractivity contribution >= 4 is 33.6 Å². The molecule has 0 unspecified atom stereocenters. The fraction of sp³-hybridized carbons (Fsp3) is 0.316. The quantitative estimate of drug-likeness (QED) is 0.550. The number of hydrogen-bond donors (Lipinski definition) is 1. The summed E-state index contributed by atoms with van der Waals surface area (Å²) in [6.45, 7) is 8.07. The molecule has 2 rings (SSSR count). The Balaban J connectivity index is 2.14. The molecule has 1 N–H and O–H groups in total. The first-order chi connectivity index (χ1) is 11.0. The van der Waals surface area contributed by atoms with E-state index in [-0.39, 0.29) is 0 Å².